The van der Waals surface area contributed by atoms with Crippen LogP contribution in [0.1, 0.15) is 31.0 Å². The molecule has 0 fully saturated rings. The second kappa shape index (κ2) is 6.05. The first-order chi connectivity index (χ1) is 7.63. The third kappa shape index (κ3) is 3.85. The Balaban J connectivity index is 2.65. The van der Waals surface area contributed by atoms with Crippen molar-refractivity contribution in [2.75, 3.05) is 6.61 Å². The van der Waals surface area contributed by atoms with E-state index in [-0.39, 0.29) is 12.0 Å². The molecule has 0 heterocycles. The van der Waals surface area contributed by atoms with E-state index in [9.17, 15) is 4.79 Å². The summed E-state index contributed by atoms with van der Waals surface area (Å²) in [6, 6.07) is 8.06. The molecule has 0 amide bonds. The van der Waals surface area contributed by atoms with Crippen LogP contribution >= 0.6 is 0 Å². The maximum absolute atomic E-state index is 11.1. The number of aliphatic imine (C=N–C) groups is 1. The van der Waals surface area contributed by atoms with Gasteiger partial charge in [-0.3, -0.25) is 4.99 Å². The summed E-state index contributed by atoms with van der Waals surface area (Å²) in [7, 11) is 0. The summed E-state index contributed by atoms with van der Waals surface area (Å²) in [5.74, 6) is -0.387. The average Bonchev–Trinajstić information content (AvgIpc) is 2.26. The van der Waals surface area contributed by atoms with Crippen molar-refractivity contribution in [3.8, 4) is 0 Å². The van der Waals surface area contributed by atoms with Crippen molar-refractivity contribution in [2.45, 2.75) is 26.8 Å². The predicted octanol–water partition coefficient (Wildman–Crippen LogP) is 2.69. The van der Waals surface area contributed by atoms with Crippen molar-refractivity contribution in [3.05, 3.63) is 35.4 Å². The Morgan fingerprint density at radius 2 is 2.31 bits per heavy atom. The van der Waals surface area contributed by atoms with Gasteiger partial charge >= 0.3 is 5.97 Å². The summed E-state index contributed by atoms with van der Waals surface area (Å²) >= 11 is 0. The number of carbonyl (C=O) groups is 1. The fourth-order valence-electron chi connectivity index (χ4n) is 1.37. The van der Waals surface area contributed by atoms with E-state index in [0.29, 0.717) is 6.61 Å². The van der Waals surface area contributed by atoms with Crippen LogP contribution in [0.2, 0.25) is 0 Å². The normalized spacial score (nSPS) is 12.7. The first-order valence-corrected chi connectivity index (χ1v) is 5.40. The minimum Gasteiger partial charge on any atom is -0.462 e. The van der Waals surface area contributed by atoms with Crippen LogP contribution < -0.4 is 0 Å². The molecule has 16 heavy (non-hydrogen) atoms. The van der Waals surface area contributed by atoms with Crippen LogP contribution in [0.25, 0.3) is 0 Å². The highest BCUT2D eigenvalue weighted by atomic mass is 16.5. The molecule has 0 aliphatic rings. The lowest BCUT2D eigenvalue weighted by Crippen LogP contribution is -2.05. The zero-order valence-electron chi connectivity index (χ0n) is 9.93. The van der Waals surface area contributed by atoms with E-state index < -0.39 is 0 Å². The van der Waals surface area contributed by atoms with Crippen molar-refractivity contribution in [2.24, 2.45) is 4.99 Å². The maximum atomic E-state index is 11.1. The van der Waals surface area contributed by atoms with Crippen LogP contribution in [-0.2, 0) is 9.53 Å². The van der Waals surface area contributed by atoms with Gasteiger partial charge in [0.1, 0.15) is 6.21 Å². The van der Waals surface area contributed by atoms with Gasteiger partial charge in [-0.25, -0.2) is 4.79 Å². The second-order valence-corrected chi connectivity index (χ2v) is 3.62. The van der Waals surface area contributed by atoms with Gasteiger partial charge in [0.15, 0.2) is 0 Å². The van der Waals surface area contributed by atoms with Gasteiger partial charge in [-0.15, -0.1) is 0 Å². The quantitative estimate of drug-likeness (QED) is 0.577. The topological polar surface area (TPSA) is 38.7 Å². The standard InChI is InChI=1S/C13H17NO2/c1-4-16-13(15)9-14-11(3)12-7-5-6-10(2)8-12/h5-9,11H,4H2,1-3H3/t11-/m1/s1. The molecule has 0 aromatic heterocycles. The molecule has 1 aromatic carbocycles. The molecule has 0 N–H and O–H groups in total. The van der Waals surface area contributed by atoms with E-state index in [1.165, 1.54) is 11.8 Å². The summed E-state index contributed by atoms with van der Waals surface area (Å²) in [5.41, 5.74) is 2.29. The number of hydrogen-bond donors (Lipinski definition) is 0. The molecule has 0 aliphatic heterocycles. The predicted molar refractivity (Wildman–Crippen MR) is 64.7 cm³/mol. The van der Waals surface area contributed by atoms with Crippen LogP contribution in [0, 0.1) is 6.92 Å². The molecule has 0 spiro atoms. The number of hydrogen-bond acceptors (Lipinski definition) is 3. The van der Waals surface area contributed by atoms with Gasteiger partial charge in [-0.2, -0.15) is 0 Å². The smallest absolute Gasteiger partial charge is 0.348 e. The first-order valence-electron chi connectivity index (χ1n) is 5.40. The molecule has 0 saturated heterocycles. The van der Waals surface area contributed by atoms with E-state index >= 15 is 0 Å². The van der Waals surface area contributed by atoms with Crippen molar-refractivity contribution in [1.29, 1.82) is 0 Å². The molecular weight excluding hydrogens is 202 g/mol. The van der Waals surface area contributed by atoms with E-state index in [1.54, 1.807) is 6.92 Å². The number of rotatable bonds is 4. The van der Waals surface area contributed by atoms with Gasteiger partial charge in [0, 0.05) is 0 Å². The van der Waals surface area contributed by atoms with Crippen LogP contribution in [0.4, 0.5) is 0 Å². The minimum absolute atomic E-state index is 0.0238. The Morgan fingerprint density at radius 3 is 2.94 bits per heavy atom. The van der Waals surface area contributed by atoms with E-state index in [2.05, 4.69) is 11.1 Å². The van der Waals surface area contributed by atoms with E-state index in [1.807, 2.05) is 32.0 Å². The molecule has 3 nitrogen and oxygen atoms in total. The molecule has 1 rings (SSSR count). The molecule has 0 aliphatic carbocycles. The molecule has 1 aromatic rings. The minimum atomic E-state index is -0.387. The molecule has 0 bridgehead atoms. The Labute approximate surface area is 96.2 Å². The molecule has 0 saturated carbocycles. The van der Waals surface area contributed by atoms with Crippen molar-refractivity contribution >= 4 is 12.2 Å². The third-order valence-corrected chi connectivity index (χ3v) is 2.21. The number of benzene rings is 1. The maximum Gasteiger partial charge on any atom is 0.348 e. The average molecular weight is 219 g/mol. The highest BCUT2D eigenvalue weighted by Crippen LogP contribution is 2.16. The van der Waals surface area contributed by atoms with Crippen molar-refractivity contribution in [1.82, 2.24) is 0 Å². The highest BCUT2D eigenvalue weighted by molar-refractivity contribution is 6.23. The summed E-state index contributed by atoms with van der Waals surface area (Å²) in [4.78, 5) is 15.2. The fourth-order valence-corrected chi connectivity index (χ4v) is 1.37. The monoisotopic (exact) mass is 219 g/mol. The molecule has 1 atom stereocenters. The largest absolute Gasteiger partial charge is 0.462 e. The molecule has 0 radical (unpaired) electrons. The summed E-state index contributed by atoms with van der Waals surface area (Å²) in [5, 5.41) is 0. The number of aryl methyl sites for hydroxylation is 1. The zero-order valence-corrected chi connectivity index (χ0v) is 9.93. The lowest BCUT2D eigenvalue weighted by Gasteiger charge is -2.06. The lowest BCUT2D eigenvalue weighted by atomic mass is 10.1. The Morgan fingerprint density at radius 1 is 1.56 bits per heavy atom. The summed E-state index contributed by atoms with van der Waals surface area (Å²) in [6.07, 6.45) is 1.25. The first kappa shape index (κ1) is 12.4. The van der Waals surface area contributed by atoms with E-state index in [0.717, 1.165) is 5.56 Å². The van der Waals surface area contributed by atoms with Gasteiger partial charge < -0.3 is 4.74 Å². The second-order valence-electron chi connectivity index (χ2n) is 3.62. The van der Waals surface area contributed by atoms with Gasteiger partial charge in [0.05, 0.1) is 12.6 Å². The molecule has 86 valence electrons. The lowest BCUT2D eigenvalue weighted by molar-refractivity contribution is -0.134. The SMILES string of the molecule is CCOC(=O)C=N[C@H](C)c1cccc(C)c1. The number of esters is 1. The molecule has 3 heteroatoms. The van der Waals surface area contributed by atoms with Crippen LogP contribution in [0.15, 0.2) is 29.3 Å². The third-order valence-electron chi connectivity index (χ3n) is 2.21. The van der Waals surface area contributed by atoms with Gasteiger partial charge in [0.2, 0.25) is 0 Å². The van der Waals surface area contributed by atoms with Crippen molar-refractivity contribution in [3.63, 3.8) is 0 Å². The number of ether oxygens (including phenoxy) is 1. The fraction of sp³-hybridized carbons (Fsp3) is 0.385. The molecular formula is C13H17NO2. The van der Waals surface area contributed by atoms with E-state index in [4.69, 9.17) is 4.74 Å². The zero-order chi connectivity index (χ0) is 12.0. The van der Waals surface area contributed by atoms with Crippen molar-refractivity contribution < 1.29 is 9.53 Å². The summed E-state index contributed by atoms with van der Waals surface area (Å²) < 4.78 is 4.76. The molecule has 0 unspecified atom stereocenters. The van der Waals surface area contributed by atoms with Gasteiger partial charge in [-0.05, 0) is 26.3 Å². The summed E-state index contributed by atoms with van der Waals surface area (Å²) in [6.45, 7) is 6.13. The van der Waals surface area contributed by atoms with Gasteiger partial charge in [-0.1, -0.05) is 29.8 Å². The number of nitrogens with zero attached hydrogens (tertiary/aromatic N) is 1. The van der Waals surface area contributed by atoms with Crippen LogP contribution in [0.3, 0.4) is 0 Å². The number of carbonyl (C=O) groups excluding carboxylic acids is 1. The van der Waals surface area contributed by atoms with Crippen LogP contribution in [-0.4, -0.2) is 18.8 Å². The Hall–Kier alpha value is -1.64. The Bertz CT molecular complexity index is 385. The van der Waals surface area contributed by atoms with Gasteiger partial charge in [0.25, 0.3) is 0 Å². The highest BCUT2D eigenvalue weighted by Gasteiger charge is 2.03. The Kier molecular flexibility index (Phi) is 4.70. The van der Waals surface area contributed by atoms with Crippen LogP contribution in [0.5, 0.6) is 0 Å².